The van der Waals surface area contributed by atoms with Crippen LogP contribution < -0.4 is 28.7 Å². The van der Waals surface area contributed by atoms with Crippen LogP contribution >= 0.6 is 11.6 Å². The standard InChI is InChI=1S/C72H56ClFN2O12/c1-3-83-59(77)37-47-27-33-57(55(73)35-47)75-69(79)61-62(70(75)80)66(52-20-12-11-19-51(52)65(61)85-39-43-15-7-5-8-16-43)87-41-45-23-29-49(30-24-45)50-31-25-46(26-32-50)42-88-68-54-22-14-13-21-53(54)67(86-40-44-17-9-6-10-18-44)63-64(68)72(82)76(71(63)81)58-34-28-48(36-56(58)74)38-60(78)84-4-2/h5-36,70,80H,3-4,37-42H2,1-2H3. The lowest BCUT2D eigenvalue weighted by atomic mass is 9.98. The van der Waals surface area contributed by atoms with Gasteiger partial charge in [-0.1, -0.05) is 181 Å². The summed E-state index contributed by atoms with van der Waals surface area (Å²) in [7, 11) is 0. The minimum Gasteiger partial charge on any atom is -0.488 e. The average molecular weight is 1200 g/mol. The second-order valence-corrected chi connectivity index (χ2v) is 21.4. The predicted molar refractivity (Wildman–Crippen MR) is 331 cm³/mol. The van der Waals surface area contributed by atoms with Crippen LogP contribution in [0.2, 0.25) is 5.02 Å². The molecule has 0 aliphatic carbocycles. The molecule has 88 heavy (non-hydrogen) atoms. The number of halogens is 2. The number of amides is 3. The van der Waals surface area contributed by atoms with Gasteiger partial charge in [0, 0.05) is 21.5 Å². The molecule has 2 aliphatic heterocycles. The second kappa shape index (κ2) is 25.3. The van der Waals surface area contributed by atoms with E-state index in [0.29, 0.717) is 38.4 Å². The summed E-state index contributed by atoms with van der Waals surface area (Å²) in [5.41, 5.74) is 6.05. The van der Waals surface area contributed by atoms with E-state index in [2.05, 4.69) is 0 Å². The molecular formula is C72H56ClFN2O12. The minimum atomic E-state index is -1.54. The molecule has 1 unspecified atom stereocenters. The fourth-order valence-corrected chi connectivity index (χ4v) is 11.5. The largest absolute Gasteiger partial charge is 0.488 e. The van der Waals surface area contributed by atoms with E-state index in [1.54, 1.807) is 56.3 Å². The van der Waals surface area contributed by atoms with E-state index in [1.807, 2.05) is 133 Å². The Balaban J connectivity index is 0.801. The van der Waals surface area contributed by atoms with Crippen LogP contribution in [0.15, 0.2) is 194 Å². The number of fused-ring (bicyclic) bond motifs is 4. The van der Waals surface area contributed by atoms with Gasteiger partial charge in [-0.2, -0.15) is 0 Å². The number of aliphatic hydroxyl groups excluding tert-OH is 1. The number of carbonyl (C=O) groups is 5. The van der Waals surface area contributed by atoms with Gasteiger partial charge < -0.3 is 33.5 Å². The molecule has 0 saturated carbocycles. The van der Waals surface area contributed by atoms with Crippen molar-refractivity contribution in [3.63, 3.8) is 0 Å². The smallest absolute Gasteiger partial charge is 0.310 e. The van der Waals surface area contributed by atoms with Crippen molar-refractivity contribution in [2.24, 2.45) is 0 Å². The van der Waals surface area contributed by atoms with Gasteiger partial charge in [-0.3, -0.25) is 28.9 Å². The van der Waals surface area contributed by atoms with Gasteiger partial charge in [-0.25, -0.2) is 9.29 Å². The summed E-state index contributed by atoms with van der Waals surface area (Å²) in [4.78, 5) is 70.8. The van der Waals surface area contributed by atoms with E-state index in [0.717, 1.165) is 44.3 Å². The first-order chi connectivity index (χ1) is 42.9. The quantitative estimate of drug-likeness (QED) is 0.0535. The molecule has 0 saturated heterocycles. The highest BCUT2D eigenvalue weighted by Gasteiger charge is 2.46. The molecule has 10 aromatic carbocycles. The fourth-order valence-electron chi connectivity index (χ4n) is 11.2. The first-order valence-electron chi connectivity index (χ1n) is 28.6. The van der Waals surface area contributed by atoms with Crippen molar-refractivity contribution < 1.29 is 61.9 Å². The summed E-state index contributed by atoms with van der Waals surface area (Å²) in [6.45, 7) is 4.04. The molecule has 1 N–H and O–H groups in total. The first kappa shape index (κ1) is 58.1. The predicted octanol–water partition coefficient (Wildman–Crippen LogP) is 14.4. The second-order valence-electron chi connectivity index (χ2n) is 21.0. The van der Waals surface area contributed by atoms with Crippen LogP contribution in [-0.4, -0.2) is 48.0 Å². The van der Waals surface area contributed by atoms with Gasteiger partial charge in [-0.15, -0.1) is 0 Å². The van der Waals surface area contributed by atoms with Gasteiger partial charge in [0.2, 0.25) is 0 Å². The molecule has 0 radical (unpaired) electrons. The highest BCUT2D eigenvalue weighted by Crippen LogP contribution is 2.52. The third-order valence-electron chi connectivity index (χ3n) is 15.3. The van der Waals surface area contributed by atoms with Gasteiger partial charge in [0.05, 0.1) is 64.7 Å². The fraction of sp³-hybridized carbons (Fsp3) is 0.153. The van der Waals surface area contributed by atoms with Crippen LogP contribution in [0.4, 0.5) is 15.8 Å². The van der Waals surface area contributed by atoms with E-state index in [-0.39, 0.29) is 108 Å². The highest BCUT2D eigenvalue weighted by atomic mass is 35.5. The summed E-state index contributed by atoms with van der Waals surface area (Å²) in [5, 5.41) is 14.7. The molecule has 0 spiro atoms. The van der Waals surface area contributed by atoms with Crippen LogP contribution in [0.1, 0.15) is 90.1 Å². The lowest BCUT2D eigenvalue weighted by Crippen LogP contribution is -2.30. The van der Waals surface area contributed by atoms with Gasteiger partial charge in [0.1, 0.15) is 55.2 Å². The summed E-state index contributed by atoms with van der Waals surface area (Å²) in [6.07, 6.45) is -1.77. The Hall–Kier alpha value is -10.4. The van der Waals surface area contributed by atoms with Crippen molar-refractivity contribution in [3.05, 3.63) is 261 Å². The molecular weight excluding hydrogens is 1140 g/mol. The Morgan fingerprint density at radius 1 is 0.455 bits per heavy atom. The lowest BCUT2D eigenvalue weighted by Gasteiger charge is -2.23. The molecule has 10 aromatic rings. The zero-order chi connectivity index (χ0) is 61.0. The summed E-state index contributed by atoms with van der Waals surface area (Å²) < 4.78 is 52.5. The van der Waals surface area contributed by atoms with Crippen molar-refractivity contribution in [2.45, 2.75) is 59.3 Å². The summed E-state index contributed by atoms with van der Waals surface area (Å²) in [5.74, 6) is -3.14. The zero-order valence-corrected chi connectivity index (χ0v) is 48.6. The number of carbonyl (C=O) groups excluding carboxylic acids is 5. The van der Waals surface area contributed by atoms with Gasteiger partial charge in [0.25, 0.3) is 17.7 Å². The maximum absolute atomic E-state index is 16.1. The summed E-state index contributed by atoms with van der Waals surface area (Å²) in [6, 6.07) is 57.7. The molecule has 0 aromatic heterocycles. The minimum absolute atomic E-state index is 0.0113. The Bertz CT molecular complexity index is 4350. The molecule has 16 heteroatoms. The molecule has 2 aliphatic rings. The number of benzene rings is 10. The number of ether oxygens (including phenoxy) is 6. The van der Waals surface area contributed by atoms with E-state index in [9.17, 15) is 29.1 Å². The average Bonchev–Trinajstić information content (AvgIpc) is 1.59. The number of hydrogen-bond donors (Lipinski definition) is 1. The molecule has 12 rings (SSSR count). The maximum Gasteiger partial charge on any atom is 0.310 e. The molecule has 0 bridgehead atoms. The van der Waals surface area contributed by atoms with Gasteiger partial charge in [0.15, 0.2) is 6.23 Å². The van der Waals surface area contributed by atoms with Crippen molar-refractivity contribution >= 4 is 74.2 Å². The molecule has 2 heterocycles. The van der Waals surface area contributed by atoms with Gasteiger partial charge >= 0.3 is 11.9 Å². The van der Waals surface area contributed by atoms with Crippen molar-refractivity contribution in [2.75, 3.05) is 23.0 Å². The van der Waals surface area contributed by atoms with Crippen LogP contribution in [0.25, 0.3) is 32.7 Å². The molecule has 1 atom stereocenters. The van der Waals surface area contributed by atoms with Crippen LogP contribution in [0.3, 0.4) is 0 Å². The van der Waals surface area contributed by atoms with E-state index in [4.69, 9.17) is 40.0 Å². The third kappa shape index (κ3) is 11.5. The Kier molecular flexibility index (Phi) is 16.7. The molecule has 14 nitrogen and oxygen atoms in total. The Labute approximate surface area is 510 Å². The van der Waals surface area contributed by atoms with Crippen molar-refractivity contribution in [1.82, 2.24) is 0 Å². The SMILES string of the molecule is CCOC(=O)Cc1ccc(N2C(=O)c3c(c(OCc4ccc(-c5ccc(COc6c7c(c(OCc8ccccc8)c8ccccc68)C(=O)N(c6ccc(CC(=O)OCC)cc6Cl)C7O)cc5)cc4)c4ccccc4c3OCc3ccccc3)C2=O)c(F)c1. The number of hydrogen-bond acceptors (Lipinski definition) is 12. The number of esters is 2. The van der Waals surface area contributed by atoms with Crippen molar-refractivity contribution in [3.8, 4) is 34.1 Å². The summed E-state index contributed by atoms with van der Waals surface area (Å²) >= 11 is 6.86. The van der Waals surface area contributed by atoms with Gasteiger partial charge in [-0.05, 0) is 82.6 Å². The number of aliphatic hydroxyl groups is 1. The molecule has 440 valence electrons. The van der Waals surface area contributed by atoms with Crippen LogP contribution in [0, 0.1) is 5.82 Å². The van der Waals surface area contributed by atoms with E-state index >= 15 is 4.39 Å². The lowest BCUT2D eigenvalue weighted by molar-refractivity contribution is -0.143. The van der Waals surface area contributed by atoms with Crippen molar-refractivity contribution in [1.29, 1.82) is 0 Å². The van der Waals surface area contributed by atoms with E-state index < -0.39 is 41.7 Å². The van der Waals surface area contributed by atoms with Crippen LogP contribution in [0.5, 0.6) is 23.0 Å². The number of anilines is 2. The Morgan fingerprint density at radius 2 is 0.830 bits per heavy atom. The van der Waals surface area contributed by atoms with E-state index in [1.165, 1.54) is 17.0 Å². The molecule has 3 amide bonds. The molecule has 0 fully saturated rings. The maximum atomic E-state index is 16.1. The Morgan fingerprint density at radius 3 is 1.26 bits per heavy atom. The monoisotopic (exact) mass is 1190 g/mol. The zero-order valence-electron chi connectivity index (χ0n) is 47.8. The third-order valence-corrected chi connectivity index (χ3v) is 15.6. The number of nitrogens with zero attached hydrogens (tertiary/aromatic N) is 2. The number of imide groups is 1. The van der Waals surface area contributed by atoms with Crippen LogP contribution in [-0.2, 0) is 58.3 Å². The normalized spacial score (nSPS) is 13.4. The highest BCUT2D eigenvalue weighted by molar-refractivity contribution is 6.38. The number of rotatable bonds is 21. The first-order valence-corrected chi connectivity index (χ1v) is 29.0. The topological polar surface area (TPSA) is 167 Å².